The first-order valence-corrected chi connectivity index (χ1v) is 7.97. The van der Waals surface area contributed by atoms with E-state index in [1.807, 2.05) is 0 Å². The summed E-state index contributed by atoms with van der Waals surface area (Å²) in [5.41, 5.74) is 3.95. The van der Waals surface area contributed by atoms with Crippen molar-refractivity contribution >= 4 is 0 Å². The van der Waals surface area contributed by atoms with E-state index >= 15 is 0 Å². The zero-order valence-electron chi connectivity index (χ0n) is 12.3. The molecule has 0 bridgehead atoms. The van der Waals surface area contributed by atoms with E-state index in [2.05, 4.69) is 65.2 Å². The van der Waals surface area contributed by atoms with E-state index in [1.165, 1.54) is 36.3 Å². The zero-order chi connectivity index (χ0) is 14.1. The van der Waals surface area contributed by atoms with Crippen LogP contribution in [0.3, 0.4) is 0 Å². The summed E-state index contributed by atoms with van der Waals surface area (Å²) >= 11 is 0. The molecule has 4 rings (SSSR count). The molecule has 2 aromatic rings. The summed E-state index contributed by atoms with van der Waals surface area (Å²) in [6.45, 7) is 4.64. The fourth-order valence-corrected chi connectivity index (χ4v) is 3.68. The van der Waals surface area contributed by atoms with Crippen LogP contribution in [0.25, 0.3) is 11.1 Å². The molecule has 2 unspecified atom stereocenters. The van der Waals surface area contributed by atoms with Crippen molar-refractivity contribution in [1.82, 2.24) is 10.6 Å². The normalized spacial score (nSPS) is 26.6. The molecule has 2 N–H and O–H groups in total. The Labute approximate surface area is 126 Å². The van der Waals surface area contributed by atoms with E-state index < -0.39 is 0 Å². The van der Waals surface area contributed by atoms with Crippen molar-refractivity contribution in [2.75, 3.05) is 19.6 Å². The fourth-order valence-electron chi connectivity index (χ4n) is 3.68. The number of benzene rings is 2. The minimum Gasteiger partial charge on any atom is -0.316 e. The third kappa shape index (κ3) is 2.74. The molecular formula is C19H22N2. The molecule has 108 valence electrons. The van der Waals surface area contributed by atoms with Gasteiger partial charge in [0, 0.05) is 6.54 Å². The van der Waals surface area contributed by atoms with Gasteiger partial charge in [-0.25, -0.2) is 0 Å². The quantitative estimate of drug-likeness (QED) is 0.879. The molecule has 2 aliphatic rings. The second-order valence-electron chi connectivity index (χ2n) is 6.34. The van der Waals surface area contributed by atoms with E-state index in [0.29, 0.717) is 0 Å². The van der Waals surface area contributed by atoms with Crippen LogP contribution in [-0.4, -0.2) is 19.6 Å². The van der Waals surface area contributed by atoms with Crippen LogP contribution >= 0.6 is 0 Å². The summed E-state index contributed by atoms with van der Waals surface area (Å²) in [6, 6.07) is 19.5. The van der Waals surface area contributed by atoms with Gasteiger partial charge in [0.25, 0.3) is 0 Å². The molecule has 2 heteroatoms. The van der Waals surface area contributed by atoms with Crippen molar-refractivity contribution in [2.24, 2.45) is 17.8 Å². The first kappa shape index (κ1) is 13.1. The SMILES string of the molecule is c1ccc(-c2ccc(CNCC3C4CNCC34)cc2)cc1. The van der Waals surface area contributed by atoms with Gasteiger partial charge in [0.2, 0.25) is 0 Å². The van der Waals surface area contributed by atoms with E-state index in [9.17, 15) is 0 Å². The Bertz CT molecular complexity index is 581. The third-order valence-corrected chi connectivity index (χ3v) is 5.04. The summed E-state index contributed by atoms with van der Waals surface area (Å²) < 4.78 is 0. The van der Waals surface area contributed by atoms with Crippen molar-refractivity contribution < 1.29 is 0 Å². The second kappa shape index (κ2) is 5.63. The predicted molar refractivity (Wildman–Crippen MR) is 86.9 cm³/mol. The van der Waals surface area contributed by atoms with Crippen molar-refractivity contribution in [2.45, 2.75) is 6.54 Å². The number of nitrogens with one attached hydrogen (secondary N) is 2. The fraction of sp³-hybridized carbons (Fsp3) is 0.368. The van der Waals surface area contributed by atoms with Crippen molar-refractivity contribution in [3.8, 4) is 11.1 Å². The molecule has 1 saturated carbocycles. The summed E-state index contributed by atoms with van der Waals surface area (Å²) in [5.74, 6) is 2.84. The number of piperidine rings is 1. The van der Waals surface area contributed by atoms with Crippen LogP contribution in [0.15, 0.2) is 54.6 Å². The van der Waals surface area contributed by atoms with Gasteiger partial charge in [-0.3, -0.25) is 0 Å². The lowest BCUT2D eigenvalue weighted by atomic mass is 10.0. The maximum absolute atomic E-state index is 3.62. The molecule has 21 heavy (non-hydrogen) atoms. The minimum atomic E-state index is 0.926. The molecule has 2 fully saturated rings. The number of hydrogen-bond acceptors (Lipinski definition) is 2. The Morgan fingerprint density at radius 2 is 1.52 bits per heavy atom. The maximum Gasteiger partial charge on any atom is 0.0205 e. The number of hydrogen-bond donors (Lipinski definition) is 2. The molecule has 2 atom stereocenters. The summed E-state index contributed by atoms with van der Waals surface area (Å²) in [4.78, 5) is 0. The van der Waals surface area contributed by atoms with Crippen molar-refractivity contribution in [1.29, 1.82) is 0 Å². The highest BCUT2D eigenvalue weighted by molar-refractivity contribution is 5.63. The van der Waals surface area contributed by atoms with Gasteiger partial charge in [-0.05, 0) is 54.1 Å². The predicted octanol–water partition coefficient (Wildman–Crippen LogP) is 2.91. The van der Waals surface area contributed by atoms with Gasteiger partial charge in [-0.1, -0.05) is 54.6 Å². The number of fused-ring (bicyclic) bond motifs is 1. The molecule has 0 aromatic heterocycles. The largest absolute Gasteiger partial charge is 0.316 e. The van der Waals surface area contributed by atoms with Crippen LogP contribution in [-0.2, 0) is 6.54 Å². The lowest BCUT2D eigenvalue weighted by Gasteiger charge is -2.08. The zero-order valence-corrected chi connectivity index (χ0v) is 12.3. The molecule has 2 nitrogen and oxygen atoms in total. The van der Waals surface area contributed by atoms with Crippen molar-refractivity contribution in [3.05, 3.63) is 60.2 Å². The molecule has 2 aromatic carbocycles. The first-order valence-electron chi connectivity index (χ1n) is 7.97. The van der Waals surface area contributed by atoms with Gasteiger partial charge in [0.1, 0.15) is 0 Å². The molecule has 0 spiro atoms. The van der Waals surface area contributed by atoms with Gasteiger partial charge >= 0.3 is 0 Å². The Balaban J connectivity index is 1.30. The molecule has 1 saturated heterocycles. The summed E-state index contributed by atoms with van der Waals surface area (Å²) in [6.07, 6.45) is 0. The topological polar surface area (TPSA) is 24.1 Å². The van der Waals surface area contributed by atoms with Crippen LogP contribution < -0.4 is 10.6 Å². The minimum absolute atomic E-state index is 0.926. The van der Waals surface area contributed by atoms with E-state index in [4.69, 9.17) is 0 Å². The Kier molecular flexibility index (Phi) is 3.50. The maximum atomic E-state index is 3.62. The Morgan fingerprint density at radius 1 is 0.857 bits per heavy atom. The summed E-state index contributed by atoms with van der Waals surface area (Å²) in [5, 5.41) is 7.08. The van der Waals surface area contributed by atoms with Gasteiger partial charge in [-0.2, -0.15) is 0 Å². The highest BCUT2D eigenvalue weighted by Crippen LogP contribution is 2.47. The lowest BCUT2D eigenvalue weighted by Crippen LogP contribution is -2.23. The average molecular weight is 278 g/mol. The molecular weight excluding hydrogens is 256 g/mol. The third-order valence-electron chi connectivity index (χ3n) is 5.04. The molecule has 1 heterocycles. The molecule has 0 amide bonds. The van der Waals surface area contributed by atoms with E-state index in [-0.39, 0.29) is 0 Å². The average Bonchev–Trinajstić information content (AvgIpc) is 2.97. The van der Waals surface area contributed by atoms with E-state index in [0.717, 1.165) is 24.3 Å². The molecule has 1 aliphatic carbocycles. The monoisotopic (exact) mass is 278 g/mol. The van der Waals surface area contributed by atoms with Gasteiger partial charge in [-0.15, -0.1) is 0 Å². The highest BCUT2D eigenvalue weighted by atomic mass is 15.0. The second-order valence-corrected chi connectivity index (χ2v) is 6.34. The van der Waals surface area contributed by atoms with Gasteiger partial charge < -0.3 is 10.6 Å². The van der Waals surface area contributed by atoms with Crippen LogP contribution in [0.2, 0.25) is 0 Å². The van der Waals surface area contributed by atoms with Crippen molar-refractivity contribution in [3.63, 3.8) is 0 Å². The van der Waals surface area contributed by atoms with Crippen LogP contribution in [0.5, 0.6) is 0 Å². The molecule has 0 radical (unpaired) electrons. The number of rotatable bonds is 5. The van der Waals surface area contributed by atoms with Crippen LogP contribution in [0.4, 0.5) is 0 Å². The van der Waals surface area contributed by atoms with Crippen LogP contribution in [0, 0.1) is 17.8 Å². The van der Waals surface area contributed by atoms with Gasteiger partial charge in [0.05, 0.1) is 0 Å². The standard InChI is InChI=1S/C19H22N2/c1-2-4-15(5-3-1)16-8-6-14(7-9-16)10-20-11-17-18-12-21-13-19(17)18/h1-9,17-21H,10-13H2. The van der Waals surface area contributed by atoms with E-state index in [1.54, 1.807) is 0 Å². The van der Waals surface area contributed by atoms with Gasteiger partial charge in [0.15, 0.2) is 0 Å². The first-order chi connectivity index (χ1) is 10.4. The van der Waals surface area contributed by atoms with Crippen LogP contribution in [0.1, 0.15) is 5.56 Å². The Morgan fingerprint density at radius 3 is 2.24 bits per heavy atom. The summed E-state index contributed by atoms with van der Waals surface area (Å²) in [7, 11) is 0. The molecule has 1 aliphatic heterocycles. The lowest BCUT2D eigenvalue weighted by molar-refractivity contribution is 0.539. The Hall–Kier alpha value is -1.64. The smallest absolute Gasteiger partial charge is 0.0205 e. The highest BCUT2D eigenvalue weighted by Gasteiger charge is 2.51.